The van der Waals surface area contributed by atoms with Crippen molar-refractivity contribution in [2.24, 2.45) is 0 Å². The minimum Gasteiger partial charge on any atom is -0.388 e. The van der Waals surface area contributed by atoms with Gasteiger partial charge in [0.25, 0.3) is 0 Å². The second-order valence-electron chi connectivity index (χ2n) is 4.24. The minimum atomic E-state index is 0.892. The van der Waals surface area contributed by atoms with E-state index in [0.717, 1.165) is 31.4 Å². The van der Waals surface area contributed by atoms with Crippen molar-refractivity contribution in [2.45, 2.75) is 0 Å². The molecule has 1 N–H and O–H groups in total. The number of thiol groups is 1. The van der Waals surface area contributed by atoms with E-state index in [2.05, 4.69) is 76.0 Å². The molecule has 3 rings (SSSR count). The molecule has 2 heterocycles. The topological polar surface area (TPSA) is 29.9 Å². The van der Waals surface area contributed by atoms with Crippen LogP contribution in [0.5, 0.6) is 0 Å². The summed E-state index contributed by atoms with van der Waals surface area (Å²) in [6.45, 7) is 0. The molecule has 3 aromatic rings. The maximum atomic E-state index is 4.49. The first kappa shape index (κ1) is 12.8. The Balaban J connectivity index is 2.11. The van der Waals surface area contributed by atoms with Crippen molar-refractivity contribution < 1.29 is 0 Å². The highest BCUT2D eigenvalue weighted by molar-refractivity contribution is 14.1. The van der Waals surface area contributed by atoms with Crippen molar-refractivity contribution in [3.8, 4) is 11.1 Å². The maximum Gasteiger partial charge on any atom is 0.150 e. The molecule has 2 aromatic heterocycles. The van der Waals surface area contributed by atoms with E-state index in [-0.39, 0.29) is 0 Å². The fraction of sp³-hybridized carbons (Fsp3) is 0.0714. The van der Waals surface area contributed by atoms with Gasteiger partial charge >= 0.3 is 0 Å². The van der Waals surface area contributed by atoms with E-state index in [4.69, 9.17) is 0 Å². The van der Waals surface area contributed by atoms with Gasteiger partial charge in [0.05, 0.1) is 0 Å². The molecule has 19 heavy (non-hydrogen) atoms. The van der Waals surface area contributed by atoms with Gasteiger partial charge in [-0.3, -0.25) is 3.97 Å². The maximum absolute atomic E-state index is 4.49. The van der Waals surface area contributed by atoms with Gasteiger partial charge in [0.1, 0.15) is 0 Å². The third-order valence-corrected chi connectivity index (χ3v) is 4.25. The predicted octanol–water partition coefficient (Wildman–Crippen LogP) is 4.04. The molecule has 96 valence electrons. The molecule has 0 bridgehead atoms. The van der Waals surface area contributed by atoms with Crippen LogP contribution in [0.3, 0.4) is 0 Å². The lowest BCUT2D eigenvalue weighted by Crippen LogP contribution is -1.88. The number of fused-ring (bicyclic) bond motifs is 1. The second-order valence-corrected chi connectivity index (χ2v) is 5.84. The molecule has 0 saturated heterocycles. The number of nitrogens with zero attached hydrogens (tertiary/aromatic N) is 2. The third-order valence-electron chi connectivity index (χ3n) is 3.08. The van der Waals surface area contributed by atoms with E-state index in [0.29, 0.717) is 0 Å². The fourth-order valence-electron chi connectivity index (χ4n) is 2.04. The molecule has 0 fully saturated rings. The van der Waals surface area contributed by atoms with Crippen LogP contribution < -0.4 is 5.32 Å². The first-order chi connectivity index (χ1) is 9.19. The molecule has 1 aromatic carbocycles. The molecule has 0 aliphatic rings. The number of benzene rings is 1. The average Bonchev–Trinajstić information content (AvgIpc) is 2.74. The lowest BCUT2D eigenvalue weighted by molar-refractivity contribution is 1.27. The van der Waals surface area contributed by atoms with Crippen LogP contribution in [0.2, 0.25) is 0 Å². The standard InChI is InChI=1S/C14H12IN3S/c1-16-11-4-2-9(3-5-11)10-6-12-13(15)8-18(19)14(12)17-7-10/h2-8,16,19H,1H3. The van der Waals surface area contributed by atoms with Crippen molar-refractivity contribution in [1.82, 2.24) is 8.96 Å². The molecular weight excluding hydrogens is 369 g/mol. The van der Waals surface area contributed by atoms with Crippen LogP contribution in [0.15, 0.2) is 42.7 Å². The van der Waals surface area contributed by atoms with E-state index in [1.54, 1.807) is 3.97 Å². The summed E-state index contributed by atoms with van der Waals surface area (Å²) in [5.41, 5.74) is 4.28. The van der Waals surface area contributed by atoms with Gasteiger partial charge in [0, 0.05) is 39.6 Å². The first-order valence-corrected chi connectivity index (χ1v) is 7.31. The Morgan fingerprint density at radius 3 is 2.63 bits per heavy atom. The lowest BCUT2D eigenvalue weighted by Gasteiger charge is -2.04. The number of aromatic nitrogens is 2. The van der Waals surface area contributed by atoms with E-state index in [1.165, 1.54) is 0 Å². The van der Waals surface area contributed by atoms with Crippen molar-refractivity contribution in [1.29, 1.82) is 0 Å². The Bertz CT molecular complexity index is 734. The van der Waals surface area contributed by atoms with Crippen LogP contribution >= 0.6 is 35.4 Å². The quantitative estimate of drug-likeness (QED) is 0.518. The zero-order valence-corrected chi connectivity index (χ0v) is 13.3. The minimum absolute atomic E-state index is 0.892. The molecular formula is C14H12IN3S. The van der Waals surface area contributed by atoms with E-state index < -0.39 is 0 Å². The Kier molecular flexibility index (Phi) is 3.40. The summed E-state index contributed by atoms with van der Waals surface area (Å²) in [6.07, 6.45) is 3.86. The van der Waals surface area contributed by atoms with Gasteiger partial charge in [-0.05, 0) is 46.4 Å². The number of hydrogen-bond donors (Lipinski definition) is 2. The average molecular weight is 381 g/mol. The van der Waals surface area contributed by atoms with Crippen molar-refractivity contribution in [3.63, 3.8) is 0 Å². The van der Waals surface area contributed by atoms with Gasteiger partial charge in [-0.2, -0.15) is 0 Å². The monoisotopic (exact) mass is 381 g/mol. The summed E-state index contributed by atoms with van der Waals surface area (Å²) in [5.74, 6) is 0. The Morgan fingerprint density at radius 2 is 1.95 bits per heavy atom. The molecule has 0 amide bonds. The largest absolute Gasteiger partial charge is 0.388 e. The van der Waals surface area contributed by atoms with Gasteiger partial charge in [-0.15, -0.1) is 0 Å². The smallest absolute Gasteiger partial charge is 0.150 e. The number of hydrogen-bond acceptors (Lipinski definition) is 3. The molecule has 3 nitrogen and oxygen atoms in total. The first-order valence-electron chi connectivity index (χ1n) is 5.83. The summed E-state index contributed by atoms with van der Waals surface area (Å²) in [5, 5.41) is 4.25. The normalized spacial score (nSPS) is 10.9. The van der Waals surface area contributed by atoms with Gasteiger partial charge in [-0.1, -0.05) is 24.9 Å². The van der Waals surface area contributed by atoms with Gasteiger partial charge < -0.3 is 5.32 Å². The van der Waals surface area contributed by atoms with Crippen LogP contribution in [0.25, 0.3) is 22.2 Å². The Morgan fingerprint density at radius 1 is 1.21 bits per heavy atom. The summed E-state index contributed by atoms with van der Waals surface area (Å²) in [7, 11) is 1.92. The van der Waals surface area contributed by atoms with E-state index in [9.17, 15) is 0 Å². The number of halogens is 1. The van der Waals surface area contributed by atoms with E-state index in [1.807, 2.05) is 19.4 Å². The Hall–Kier alpha value is -1.21. The summed E-state index contributed by atoms with van der Waals surface area (Å²) in [4.78, 5) is 4.49. The van der Waals surface area contributed by atoms with Crippen molar-refractivity contribution in [3.05, 3.63) is 46.3 Å². The molecule has 0 saturated carbocycles. The molecule has 0 atom stereocenters. The number of anilines is 1. The van der Waals surface area contributed by atoms with Gasteiger partial charge in [0.15, 0.2) is 5.65 Å². The number of rotatable bonds is 2. The van der Waals surface area contributed by atoms with Crippen LogP contribution in [0, 0.1) is 3.57 Å². The highest BCUT2D eigenvalue weighted by Gasteiger charge is 2.08. The van der Waals surface area contributed by atoms with Crippen LogP contribution in [-0.4, -0.2) is 16.0 Å². The molecule has 5 heteroatoms. The van der Waals surface area contributed by atoms with Gasteiger partial charge in [0.2, 0.25) is 0 Å². The molecule has 0 aliphatic carbocycles. The summed E-state index contributed by atoms with van der Waals surface area (Å²) >= 11 is 6.67. The third kappa shape index (κ3) is 2.32. The van der Waals surface area contributed by atoms with Crippen LogP contribution in [0.1, 0.15) is 0 Å². The van der Waals surface area contributed by atoms with Crippen LogP contribution in [-0.2, 0) is 0 Å². The Labute approximate surface area is 130 Å². The fourth-order valence-corrected chi connectivity index (χ4v) is 3.21. The molecule has 0 unspecified atom stereocenters. The molecule has 0 aliphatic heterocycles. The van der Waals surface area contributed by atoms with Crippen molar-refractivity contribution >= 4 is 52.1 Å². The van der Waals surface area contributed by atoms with Crippen molar-refractivity contribution in [2.75, 3.05) is 12.4 Å². The molecule has 0 radical (unpaired) electrons. The summed E-state index contributed by atoms with van der Waals surface area (Å²) < 4.78 is 2.91. The zero-order chi connectivity index (χ0) is 13.4. The SMILES string of the molecule is CNc1ccc(-c2cnc3c(c2)c(I)cn3S)cc1. The summed E-state index contributed by atoms with van der Waals surface area (Å²) in [6, 6.07) is 10.5. The lowest BCUT2D eigenvalue weighted by atomic mass is 10.1. The van der Waals surface area contributed by atoms with Crippen LogP contribution in [0.4, 0.5) is 5.69 Å². The predicted molar refractivity (Wildman–Crippen MR) is 91.8 cm³/mol. The highest BCUT2D eigenvalue weighted by Crippen LogP contribution is 2.28. The zero-order valence-electron chi connectivity index (χ0n) is 10.3. The van der Waals surface area contributed by atoms with E-state index >= 15 is 0 Å². The van der Waals surface area contributed by atoms with Gasteiger partial charge in [-0.25, -0.2) is 4.98 Å². The number of pyridine rings is 1. The second kappa shape index (κ2) is 5.05. The highest BCUT2D eigenvalue weighted by atomic mass is 127. The molecule has 0 spiro atoms. The number of nitrogens with one attached hydrogen (secondary N) is 1.